The predicted octanol–water partition coefficient (Wildman–Crippen LogP) is 3.66. The Kier molecular flexibility index (Phi) is 5.73. The van der Waals surface area contributed by atoms with Crippen LogP contribution in [0.3, 0.4) is 0 Å². The van der Waals surface area contributed by atoms with Gasteiger partial charge in [-0.3, -0.25) is 0 Å². The van der Waals surface area contributed by atoms with Gasteiger partial charge >= 0.3 is 18.1 Å². The molecule has 0 radical (unpaired) electrons. The van der Waals surface area contributed by atoms with E-state index in [1.54, 1.807) is 6.92 Å². The fourth-order valence-electron chi connectivity index (χ4n) is 1.18. The molecule has 0 atom stereocenters. The zero-order valence-corrected chi connectivity index (χ0v) is 9.41. The van der Waals surface area contributed by atoms with Gasteiger partial charge in [-0.2, -0.15) is 26.3 Å². The molecule has 17 heavy (non-hydrogen) atoms. The summed E-state index contributed by atoms with van der Waals surface area (Å²) < 4.78 is 82.0. The van der Waals surface area contributed by atoms with E-state index in [1.807, 2.05) is 0 Å². The number of alkyl halides is 6. The lowest BCUT2D eigenvalue weighted by Crippen LogP contribution is -2.60. The lowest BCUT2D eigenvalue weighted by Gasteiger charge is -2.35. The number of methoxy groups -OCH3 is 1. The van der Waals surface area contributed by atoms with Crippen molar-refractivity contribution >= 4 is 0 Å². The third-order valence-corrected chi connectivity index (χ3v) is 2.09. The van der Waals surface area contributed by atoms with Gasteiger partial charge in [0, 0.05) is 7.11 Å². The SMILES string of the molecule is CCCCCOC(OC)(C(F)(F)F)C(F)(F)F. The minimum Gasteiger partial charge on any atom is -0.339 e. The molecular formula is C9H14F6O2. The highest BCUT2D eigenvalue weighted by Crippen LogP contribution is 2.46. The van der Waals surface area contributed by atoms with Crippen LogP contribution in [0.15, 0.2) is 0 Å². The second-order valence-corrected chi connectivity index (χ2v) is 3.37. The van der Waals surface area contributed by atoms with Crippen molar-refractivity contribution in [3.8, 4) is 0 Å². The Bertz CT molecular complexity index is 209. The van der Waals surface area contributed by atoms with Crippen LogP contribution in [0.2, 0.25) is 0 Å². The van der Waals surface area contributed by atoms with Gasteiger partial charge in [0.25, 0.3) is 0 Å². The number of unbranched alkanes of at least 4 members (excludes halogenated alkanes) is 2. The molecule has 0 N–H and O–H groups in total. The van der Waals surface area contributed by atoms with Gasteiger partial charge < -0.3 is 9.47 Å². The maximum Gasteiger partial charge on any atom is 0.453 e. The van der Waals surface area contributed by atoms with Crippen molar-refractivity contribution in [3.05, 3.63) is 0 Å². The first-order valence-electron chi connectivity index (χ1n) is 4.95. The number of halogens is 6. The molecule has 0 aromatic heterocycles. The van der Waals surface area contributed by atoms with Crippen molar-refractivity contribution in [2.24, 2.45) is 0 Å². The number of rotatable bonds is 6. The predicted molar refractivity (Wildman–Crippen MR) is 47.3 cm³/mol. The topological polar surface area (TPSA) is 18.5 Å². The zero-order valence-electron chi connectivity index (χ0n) is 9.41. The van der Waals surface area contributed by atoms with Crippen molar-refractivity contribution in [1.29, 1.82) is 0 Å². The lowest BCUT2D eigenvalue weighted by molar-refractivity contribution is -0.463. The number of hydrogen-bond acceptors (Lipinski definition) is 2. The Morgan fingerprint density at radius 3 is 1.65 bits per heavy atom. The van der Waals surface area contributed by atoms with E-state index in [9.17, 15) is 26.3 Å². The summed E-state index contributed by atoms with van der Waals surface area (Å²) in [5.74, 6) is -4.53. The third-order valence-electron chi connectivity index (χ3n) is 2.09. The van der Waals surface area contributed by atoms with Crippen molar-refractivity contribution in [2.45, 2.75) is 44.3 Å². The summed E-state index contributed by atoms with van der Waals surface area (Å²) in [6, 6.07) is 0. The Hall–Kier alpha value is -0.500. The molecule has 8 heteroatoms. The highest BCUT2D eigenvalue weighted by Gasteiger charge is 2.74. The molecule has 2 nitrogen and oxygen atoms in total. The molecule has 0 bridgehead atoms. The van der Waals surface area contributed by atoms with Crippen LogP contribution in [-0.4, -0.2) is 31.9 Å². The quantitative estimate of drug-likeness (QED) is 0.416. The normalized spacial score (nSPS) is 14.1. The maximum atomic E-state index is 12.4. The molecule has 0 fully saturated rings. The zero-order chi connectivity index (χ0) is 13.7. The van der Waals surface area contributed by atoms with Crippen molar-refractivity contribution in [3.63, 3.8) is 0 Å². The van der Waals surface area contributed by atoms with Crippen LogP contribution in [-0.2, 0) is 9.47 Å². The summed E-state index contributed by atoms with van der Waals surface area (Å²) in [4.78, 5) is 0. The van der Waals surface area contributed by atoms with Crippen molar-refractivity contribution in [2.75, 3.05) is 13.7 Å². The van der Waals surface area contributed by atoms with Crippen LogP contribution in [0.1, 0.15) is 26.2 Å². The van der Waals surface area contributed by atoms with Crippen LogP contribution in [0.4, 0.5) is 26.3 Å². The average Bonchev–Trinajstić information content (AvgIpc) is 2.14. The van der Waals surface area contributed by atoms with Gasteiger partial charge in [-0.25, -0.2) is 0 Å². The van der Waals surface area contributed by atoms with Crippen LogP contribution < -0.4 is 0 Å². The smallest absolute Gasteiger partial charge is 0.339 e. The Morgan fingerprint density at radius 2 is 1.35 bits per heavy atom. The van der Waals surface area contributed by atoms with Crippen LogP contribution >= 0.6 is 0 Å². The van der Waals surface area contributed by atoms with Crippen LogP contribution in [0.25, 0.3) is 0 Å². The molecule has 0 aromatic carbocycles. The number of ether oxygens (including phenoxy) is 2. The molecule has 0 unspecified atom stereocenters. The van der Waals surface area contributed by atoms with Gasteiger partial charge in [-0.1, -0.05) is 19.8 Å². The van der Waals surface area contributed by atoms with Crippen LogP contribution in [0, 0.1) is 0 Å². The molecular weight excluding hydrogens is 254 g/mol. The standard InChI is InChI=1S/C9H14F6O2/c1-3-4-5-6-17-7(16-2,8(10,11)12)9(13,14)15/h3-6H2,1-2H3. The molecule has 104 valence electrons. The van der Waals surface area contributed by atoms with Crippen molar-refractivity contribution in [1.82, 2.24) is 0 Å². The van der Waals surface area contributed by atoms with Crippen LogP contribution in [0.5, 0.6) is 0 Å². The van der Waals surface area contributed by atoms with Gasteiger partial charge in [0.05, 0.1) is 6.61 Å². The molecule has 0 heterocycles. The molecule has 0 aliphatic heterocycles. The van der Waals surface area contributed by atoms with E-state index in [1.165, 1.54) is 0 Å². The number of hydrogen-bond donors (Lipinski definition) is 0. The van der Waals surface area contributed by atoms with E-state index in [0.29, 0.717) is 20.0 Å². The Balaban J connectivity index is 4.85. The first-order chi connectivity index (χ1) is 7.62. The van der Waals surface area contributed by atoms with E-state index in [-0.39, 0.29) is 6.42 Å². The minimum atomic E-state index is -5.67. The summed E-state index contributed by atoms with van der Waals surface area (Å²) in [5, 5.41) is 0. The van der Waals surface area contributed by atoms with Gasteiger partial charge in [0.2, 0.25) is 0 Å². The summed E-state index contributed by atoms with van der Waals surface area (Å²) >= 11 is 0. The first kappa shape index (κ1) is 16.5. The minimum absolute atomic E-state index is 0.105. The fourth-order valence-corrected chi connectivity index (χ4v) is 1.18. The highest BCUT2D eigenvalue weighted by atomic mass is 19.4. The highest BCUT2D eigenvalue weighted by molar-refractivity contribution is 4.86. The van der Waals surface area contributed by atoms with Crippen molar-refractivity contribution < 1.29 is 35.8 Å². The third kappa shape index (κ3) is 3.74. The van der Waals surface area contributed by atoms with E-state index >= 15 is 0 Å². The Labute approximate surface area is 94.9 Å². The first-order valence-corrected chi connectivity index (χ1v) is 4.95. The second kappa shape index (κ2) is 5.90. The largest absolute Gasteiger partial charge is 0.453 e. The molecule has 0 spiro atoms. The van der Waals surface area contributed by atoms with Gasteiger partial charge in [-0.15, -0.1) is 0 Å². The molecule has 0 rings (SSSR count). The van der Waals surface area contributed by atoms with E-state index in [4.69, 9.17) is 0 Å². The molecule has 0 amide bonds. The molecule has 0 aliphatic carbocycles. The fraction of sp³-hybridized carbons (Fsp3) is 1.00. The summed E-state index contributed by atoms with van der Waals surface area (Å²) in [6.07, 6.45) is -10.1. The molecule has 0 aliphatic rings. The van der Waals surface area contributed by atoms with Gasteiger partial charge in [0.1, 0.15) is 0 Å². The molecule has 0 aromatic rings. The maximum absolute atomic E-state index is 12.4. The summed E-state index contributed by atoms with van der Waals surface area (Å²) in [7, 11) is 0.320. The van der Waals surface area contributed by atoms with Gasteiger partial charge in [0.15, 0.2) is 0 Å². The molecule has 0 saturated carbocycles. The average molecular weight is 268 g/mol. The summed E-state index contributed by atoms with van der Waals surface area (Å²) in [6.45, 7) is 1.10. The van der Waals surface area contributed by atoms with Gasteiger partial charge in [-0.05, 0) is 6.42 Å². The van der Waals surface area contributed by atoms with E-state index in [2.05, 4.69) is 9.47 Å². The van der Waals surface area contributed by atoms with E-state index < -0.39 is 24.7 Å². The summed E-state index contributed by atoms with van der Waals surface area (Å²) in [5.41, 5.74) is 0. The monoisotopic (exact) mass is 268 g/mol. The second-order valence-electron chi connectivity index (χ2n) is 3.37. The molecule has 0 saturated heterocycles. The van der Waals surface area contributed by atoms with E-state index in [0.717, 1.165) is 0 Å². The lowest BCUT2D eigenvalue weighted by atomic mass is 10.2. The Morgan fingerprint density at radius 1 is 0.882 bits per heavy atom.